The first kappa shape index (κ1) is 17.0. The number of hydrogen-bond acceptors (Lipinski definition) is 4. The number of nitrogens with one attached hydrogen (secondary N) is 1. The first-order valence-electron chi connectivity index (χ1n) is 8.89. The molecule has 0 aliphatic heterocycles. The molecule has 4 rings (SSSR count). The second-order valence-electron chi connectivity index (χ2n) is 6.60. The van der Waals surface area contributed by atoms with Crippen LogP contribution in [0.15, 0.2) is 66.7 Å². The highest BCUT2D eigenvalue weighted by molar-refractivity contribution is 5.81. The number of aryl methyl sites for hydroxylation is 2. The molecule has 1 heterocycles. The molecule has 0 saturated carbocycles. The topological polar surface area (TPSA) is 55.6 Å². The van der Waals surface area contributed by atoms with Crippen LogP contribution in [0.1, 0.15) is 11.1 Å². The normalized spacial score (nSPS) is 10.8. The molecule has 0 fully saturated rings. The van der Waals surface area contributed by atoms with Crippen molar-refractivity contribution in [3.63, 3.8) is 0 Å². The number of aromatic nitrogens is 4. The van der Waals surface area contributed by atoms with Crippen LogP contribution in [0.5, 0.6) is 0 Å². The van der Waals surface area contributed by atoms with E-state index in [1.165, 1.54) is 21.5 Å². The van der Waals surface area contributed by atoms with Crippen molar-refractivity contribution in [3.05, 3.63) is 77.9 Å². The van der Waals surface area contributed by atoms with Crippen molar-refractivity contribution in [3.8, 4) is 22.5 Å². The monoisotopic (exact) mass is 355 g/mol. The quantitative estimate of drug-likeness (QED) is 0.565. The molecule has 0 aliphatic rings. The Labute approximate surface area is 158 Å². The predicted octanol–water partition coefficient (Wildman–Crippen LogP) is 4.90. The highest BCUT2D eigenvalue weighted by Gasteiger charge is 2.15. The predicted molar refractivity (Wildman–Crippen MR) is 109 cm³/mol. The van der Waals surface area contributed by atoms with E-state index in [1.54, 1.807) is 7.05 Å². The lowest BCUT2D eigenvalue weighted by molar-refractivity contribution is 0.630. The van der Waals surface area contributed by atoms with Crippen molar-refractivity contribution in [2.45, 2.75) is 13.8 Å². The molecule has 0 atom stereocenters. The summed E-state index contributed by atoms with van der Waals surface area (Å²) in [5.41, 5.74) is 7.71. The Balaban J connectivity index is 1.68. The van der Waals surface area contributed by atoms with Gasteiger partial charge in [0.05, 0.1) is 7.05 Å². The molecule has 0 spiro atoms. The molecule has 0 unspecified atom stereocenters. The second-order valence-corrected chi connectivity index (χ2v) is 6.60. The third kappa shape index (κ3) is 3.44. The van der Waals surface area contributed by atoms with Gasteiger partial charge >= 0.3 is 0 Å². The molecule has 27 heavy (non-hydrogen) atoms. The molecule has 4 aromatic rings. The van der Waals surface area contributed by atoms with Crippen LogP contribution in [-0.4, -0.2) is 20.2 Å². The van der Waals surface area contributed by atoms with Crippen molar-refractivity contribution < 1.29 is 0 Å². The van der Waals surface area contributed by atoms with E-state index in [2.05, 4.69) is 95.2 Å². The van der Waals surface area contributed by atoms with Crippen LogP contribution >= 0.6 is 0 Å². The van der Waals surface area contributed by atoms with Gasteiger partial charge in [-0.2, -0.15) is 4.80 Å². The second kappa shape index (κ2) is 7.03. The van der Waals surface area contributed by atoms with Gasteiger partial charge in [0.1, 0.15) is 0 Å². The summed E-state index contributed by atoms with van der Waals surface area (Å²) in [7, 11) is 1.77. The molecular weight excluding hydrogens is 334 g/mol. The van der Waals surface area contributed by atoms with Gasteiger partial charge in [-0.3, -0.25) is 0 Å². The summed E-state index contributed by atoms with van der Waals surface area (Å²) in [6.07, 6.45) is 0. The van der Waals surface area contributed by atoms with Crippen LogP contribution in [0.25, 0.3) is 22.5 Å². The third-order valence-corrected chi connectivity index (χ3v) is 4.74. The Morgan fingerprint density at radius 3 is 2.19 bits per heavy atom. The molecule has 5 heteroatoms. The zero-order valence-electron chi connectivity index (χ0n) is 15.6. The molecule has 0 bridgehead atoms. The smallest absolute Gasteiger partial charge is 0.207 e. The van der Waals surface area contributed by atoms with Gasteiger partial charge in [0.25, 0.3) is 0 Å². The van der Waals surface area contributed by atoms with Crippen LogP contribution in [0.2, 0.25) is 0 Å². The fraction of sp³-hybridized carbons (Fsp3) is 0.136. The number of nitrogens with zero attached hydrogens (tertiary/aromatic N) is 4. The van der Waals surface area contributed by atoms with Crippen LogP contribution in [-0.2, 0) is 7.05 Å². The van der Waals surface area contributed by atoms with Crippen LogP contribution < -0.4 is 5.32 Å². The Bertz CT molecular complexity index is 1070. The summed E-state index contributed by atoms with van der Waals surface area (Å²) < 4.78 is 0. The average Bonchev–Trinajstić information content (AvgIpc) is 3.12. The molecule has 0 aliphatic carbocycles. The van der Waals surface area contributed by atoms with Gasteiger partial charge in [-0.1, -0.05) is 48.5 Å². The summed E-state index contributed by atoms with van der Waals surface area (Å²) >= 11 is 0. The molecule has 3 aromatic carbocycles. The highest BCUT2D eigenvalue weighted by Crippen LogP contribution is 2.33. The lowest BCUT2D eigenvalue weighted by Gasteiger charge is -2.14. The molecular formula is C22H21N5. The molecule has 134 valence electrons. The Kier molecular flexibility index (Phi) is 4.42. The summed E-state index contributed by atoms with van der Waals surface area (Å²) in [4.78, 5) is 1.48. The number of rotatable bonds is 4. The fourth-order valence-corrected chi connectivity index (χ4v) is 3.12. The van der Waals surface area contributed by atoms with Gasteiger partial charge in [-0.15, -0.1) is 10.2 Å². The van der Waals surface area contributed by atoms with Gasteiger partial charge in [-0.05, 0) is 59.5 Å². The van der Waals surface area contributed by atoms with Crippen LogP contribution in [0.3, 0.4) is 0 Å². The maximum atomic E-state index is 4.39. The van der Waals surface area contributed by atoms with Gasteiger partial charge in [0, 0.05) is 16.9 Å². The lowest BCUT2D eigenvalue weighted by Crippen LogP contribution is -1.99. The zero-order valence-corrected chi connectivity index (χ0v) is 15.6. The first-order chi connectivity index (χ1) is 13.1. The van der Waals surface area contributed by atoms with Crippen LogP contribution in [0.4, 0.5) is 11.4 Å². The number of benzene rings is 3. The van der Waals surface area contributed by atoms with Gasteiger partial charge in [0.15, 0.2) is 0 Å². The number of anilines is 2. The van der Waals surface area contributed by atoms with Gasteiger partial charge in [0.2, 0.25) is 5.82 Å². The van der Waals surface area contributed by atoms with Crippen molar-refractivity contribution in [1.82, 2.24) is 20.2 Å². The van der Waals surface area contributed by atoms with E-state index < -0.39 is 0 Å². The van der Waals surface area contributed by atoms with Crippen molar-refractivity contribution in [2.24, 2.45) is 7.05 Å². The van der Waals surface area contributed by atoms with E-state index in [4.69, 9.17) is 0 Å². The molecule has 1 aromatic heterocycles. The molecule has 0 amide bonds. The Morgan fingerprint density at radius 2 is 1.52 bits per heavy atom. The van der Waals surface area contributed by atoms with E-state index in [1.807, 2.05) is 6.07 Å². The number of hydrogen-bond donors (Lipinski definition) is 1. The summed E-state index contributed by atoms with van der Waals surface area (Å²) in [5, 5.41) is 16.1. The van der Waals surface area contributed by atoms with Crippen molar-refractivity contribution in [2.75, 3.05) is 5.32 Å². The first-order valence-corrected chi connectivity index (χ1v) is 8.89. The zero-order chi connectivity index (χ0) is 18.8. The Hall–Kier alpha value is -3.47. The van der Waals surface area contributed by atoms with Crippen LogP contribution in [0, 0.1) is 13.8 Å². The minimum Gasteiger partial charge on any atom is -0.355 e. The van der Waals surface area contributed by atoms with E-state index in [9.17, 15) is 0 Å². The largest absolute Gasteiger partial charge is 0.355 e. The Morgan fingerprint density at radius 1 is 0.815 bits per heavy atom. The van der Waals surface area contributed by atoms with E-state index >= 15 is 0 Å². The van der Waals surface area contributed by atoms with E-state index in [0.29, 0.717) is 5.82 Å². The third-order valence-electron chi connectivity index (χ3n) is 4.74. The molecule has 0 radical (unpaired) electrons. The van der Waals surface area contributed by atoms with Crippen molar-refractivity contribution in [1.29, 1.82) is 0 Å². The number of tetrazole rings is 1. The van der Waals surface area contributed by atoms with Gasteiger partial charge in [-0.25, -0.2) is 0 Å². The highest BCUT2D eigenvalue weighted by atomic mass is 15.6. The standard InChI is InChI=1S/C22H21N5/c1-15-9-14-20(21(16(15)2)22-24-26-27(3)25-22)23-19-12-10-18(11-13-19)17-7-5-4-6-8-17/h4-14,23H,1-3H3. The maximum absolute atomic E-state index is 4.39. The average molecular weight is 355 g/mol. The molecule has 0 saturated heterocycles. The van der Waals surface area contributed by atoms with Gasteiger partial charge < -0.3 is 5.32 Å². The van der Waals surface area contributed by atoms with E-state index in [0.717, 1.165) is 22.5 Å². The maximum Gasteiger partial charge on any atom is 0.207 e. The summed E-state index contributed by atoms with van der Waals surface area (Å²) in [5.74, 6) is 0.627. The molecule has 1 N–H and O–H groups in total. The summed E-state index contributed by atoms with van der Waals surface area (Å²) in [6.45, 7) is 4.18. The van der Waals surface area contributed by atoms with Crippen molar-refractivity contribution >= 4 is 11.4 Å². The SMILES string of the molecule is Cc1ccc(Nc2ccc(-c3ccccc3)cc2)c(-c2nnn(C)n2)c1C. The molecule has 5 nitrogen and oxygen atoms in total. The van der Waals surface area contributed by atoms with E-state index in [-0.39, 0.29) is 0 Å². The fourth-order valence-electron chi connectivity index (χ4n) is 3.12. The summed E-state index contributed by atoms with van der Waals surface area (Å²) in [6, 6.07) is 23.0. The minimum absolute atomic E-state index is 0.627. The lowest BCUT2D eigenvalue weighted by atomic mass is 10.0. The minimum atomic E-state index is 0.627.